The summed E-state index contributed by atoms with van der Waals surface area (Å²) in [6.07, 6.45) is 0. The Kier molecular flexibility index (Phi) is 2.82. The van der Waals surface area contributed by atoms with Gasteiger partial charge in [0.05, 0.1) is 84.2 Å². The summed E-state index contributed by atoms with van der Waals surface area (Å²) in [7, 11) is 0. The zero-order valence-corrected chi connectivity index (χ0v) is 28.5. The summed E-state index contributed by atoms with van der Waals surface area (Å²) in [4.78, 5) is 4.27. The zero-order chi connectivity index (χ0) is 61.7. The normalized spacial score (nSPS) is 20.3. The lowest BCUT2D eigenvalue weighted by molar-refractivity contribution is 0.488. The Hall–Kier alpha value is -6.96. The van der Waals surface area contributed by atoms with Crippen molar-refractivity contribution in [1.29, 1.82) is 0 Å². The molecule has 5 nitrogen and oxygen atoms in total. The van der Waals surface area contributed by atoms with E-state index in [0.29, 0.717) is 11.6 Å². The maximum Gasteiger partial charge on any atom is 0.289 e. The molecule has 5 heterocycles. The van der Waals surface area contributed by atoms with Crippen molar-refractivity contribution in [2.75, 3.05) is 0 Å². The monoisotopic (exact) mass is 761 g/mol. The third kappa shape index (κ3) is 4.10. The highest BCUT2D eigenvalue weighted by atomic mass is 32.2. The fourth-order valence-corrected chi connectivity index (χ4v) is 8.61. The summed E-state index contributed by atoms with van der Waals surface area (Å²) in [6.45, 7) is 0. The van der Waals surface area contributed by atoms with Gasteiger partial charge in [-0.05, 0) is 88.0 Å². The fourth-order valence-electron chi connectivity index (χ4n) is 7.37. The van der Waals surface area contributed by atoms with Crippen LogP contribution >= 0.6 is 11.6 Å². The van der Waals surface area contributed by atoms with Crippen molar-refractivity contribution in [3.8, 4) is 45.1 Å². The molecule has 7 heteroatoms. The van der Waals surface area contributed by atoms with Crippen LogP contribution in [0.15, 0.2) is 180 Å². The Bertz CT molecular complexity index is 5080. The van der Waals surface area contributed by atoms with Gasteiger partial charge in [0, 0.05) is 27.3 Å². The third-order valence-corrected chi connectivity index (χ3v) is 10.9. The first-order chi connectivity index (χ1) is 39.9. The highest BCUT2D eigenvalue weighted by Crippen LogP contribution is 2.46. The summed E-state index contributed by atoms with van der Waals surface area (Å²) in [5.74, 6) is -3.42. The Morgan fingerprint density at radius 3 is 2.02 bits per heavy atom. The average Bonchev–Trinajstić information content (AvgIpc) is 1.74. The zero-order valence-electron chi connectivity index (χ0n) is 56.7. The largest absolute Gasteiger partial charge is 0.458 e. The van der Waals surface area contributed by atoms with Crippen molar-refractivity contribution in [1.82, 2.24) is 18.5 Å². The topological polar surface area (TPSA) is 36.4 Å². The van der Waals surface area contributed by atoms with Gasteiger partial charge in [0.1, 0.15) is 11.5 Å². The summed E-state index contributed by atoms with van der Waals surface area (Å²) < 4.78 is 274. The Balaban J connectivity index is 1.20. The van der Waals surface area contributed by atoms with Crippen molar-refractivity contribution in [3.05, 3.63) is 175 Å². The summed E-state index contributed by atoms with van der Waals surface area (Å²) in [5, 5.41) is -0.999. The minimum absolute atomic E-state index is 0.229. The maximum absolute atomic E-state index is 10.2. The predicted octanol–water partition coefficient (Wildman–Crippen LogP) is 11.2. The number of para-hydroxylation sites is 7. The van der Waals surface area contributed by atoms with Gasteiger partial charge in [0.2, 0.25) is 5.78 Å². The first kappa shape index (κ1) is 14.0. The third-order valence-electron chi connectivity index (χ3n) is 9.64. The molecule has 0 atom stereocenters. The molecule has 260 valence electrons. The lowest BCUT2D eigenvalue weighted by Crippen LogP contribution is -2.46. The van der Waals surface area contributed by atoms with Crippen LogP contribution in [0, 0.1) is 0 Å². The molecule has 2 aliphatic rings. The molecular formula is C49H29BN4OS. The first-order valence-electron chi connectivity index (χ1n) is 31.1. The Labute approximate surface area is 366 Å². The van der Waals surface area contributed by atoms with Crippen molar-refractivity contribution in [2.45, 2.75) is 4.90 Å². The summed E-state index contributed by atoms with van der Waals surface area (Å²) >= 11 is 0.658. The highest BCUT2D eigenvalue weighted by molar-refractivity contribution is 8.28. The summed E-state index contributed by atoms with van der Waals surface area (Å²) in [6, 6.07) is -24.4. The van der Waals surface area contributed by atoms with E-state index in [9.17, 15) is 16.4 Å². The second-order valence-electron chi connectivity index (χ2n) is 12.5. The molecule has 0 bridgehead atoms. The molecule has 0 unspecified atom stereocenters. The van der Waals surface area contributed by atoms with E-state index in [1.54, 1.807) is 0 Å². The number of benzene rings is 8. The molecule has 0 amide bonds. The molecule has 0 fully saturated rings. The number of hydrogen-bond acceptors (Lipinski definition) is 3. The molecule has 11 aromatic rings. The molecule has 13 rings (SSSR count). The maximum atomic E-state index is 10.2. The van der Waals surface area contributed by atoms with Crippen LogP contribution in [0.2, 0.25) is 0 Å². The quantitative estimate of drug-likeness (QED) is 0.168. The van der Waals surface area contributed by atoms with Gasteiger partial charge in [-0.15, -0.1) is 0 Å². The van der Waals surface area contributed by atoms with E-state index >= 15 is 0 Å². The van der Waals surface area contributed by atoms with Gasteiger partial charge in [-0.1, -0.05) is 109 Å². The fraction of sp³-hybridized carbons (Fsp3) is 0. The lowest BCUT2D eigenvalue weighted by Gasteiger charge is -2.33. The minimum Gasteiger partial charge on any atom is -0.458 e. The van der Waals surface area contributed by atoms with Crippen LogP contribution in [0.1, 0.15) is 39.8 Å². The van der Waals surface area contributed by atoms with Crippen LogP contribution in [-0.2, 0) is 0 Å². The van der Waals surface area contributed by atoms with E-state index in [2.05, 4.69) is 4.98 Å². The van der Waals surface area contributed by atoms with E-state index in [0.717, 1.165) is 13.5 Å². The Morgan fingerprint density at radius 2 is 1.20 bits per heavy atom. The van der Waals surface area contributed by atoms with Gasteiger partial charge in [-0.25, -0.2) is 4.98 Å². The SMILES string of the molecule is [2H]c1c([2H])c([2H])c2c(c1[2H])SB1c3c([2H])c([2H])c(-c4c([2H])c([2H])c([2H])c([2H])c4-n4c5c([2H])c([2H])c([2H])c([2H])c5c5c([2H])c([2H])c([2H])c([2H])c54)c([2H])c3Oc3c([2H])c(-n4c5c([2H])c([2H])c([2H])c([2H])c5n5c6c([2H])c([2H])c([2H])c([2H])c6nc45)c([2H])c-2c31. The molecule has 0 saturated carbocycles. The second kappa shape index (κ2) is 11.3. The molecule has 3 aromatic heterocycles. The van der Waals surface area contributed by atoms with Crippen molar-refractivity contribution < 1.29 is 44.5 Å². The summed E-state index contributed by atoms with van der Waals surface area (Å²) in [5.41, 5.74) is -7.52. The van der Waals surface area contributed by atoms with E-state index in [4.69, 9.17) is 28.0 Å². The molecular weight excluding hydrogens is 703 g/mol. The van der Waals surface area contributed by atoms with E-state index < -0.39 is 270 Å². The van der Waals surface area contributed by atoms with Crippen LogP contribution in [0.5, 0.6) is 11.5 Å². The van der Waals surface area contributed by atoms with Crippen molar-refractivity contribution in [2.24, 2.45) is 0 Å². The lowest BCUT2D eigenvalue weighted by atomic mass is 9.57. The van der Waals surface area contributed by atoms with Crippen LogP contribution in [-0.4, -0.2) is 24.5 Å². The van der Waals surface area contributed by atoms with Crippen LogP contribution in [0.4, 0.5) is 0 Å². The van der Waals surface area contributed by atoms with E-state index in [1.165, 1.54) is 0 Å². The smallest absolute Gasteiger partial charge is 0.289 e. The molecule has 0 N–H and O–H groups in total. The van der Waals surface area contributed by atoms with Gasteiger partial charge in [0.25, 0.3) is 5.99 Å². The van der Waals surface area contributed by atoms with E-state index in [1.807, 2.05) is 0 Å². The van der Waals surface area contributed by atoms with Gasteiger partial charge >= 0.3 is 0 Å². The van der Waals surface area contributed by atoms with Gasteiger partial charge in [0.15, 0.2) is 0 Å². The van der Waals surface area contributed by atoms with Gasteiger partial charge < -0.3 is 9.30 Å². The standard InChI is InChI=1S/C49H29BN4OS/c1-6-18-39(53-40-19-7-2-14-33(40)34-15-3-8-20-41(34)53)32(13-1)30-25-26-37-45(27-30)55-46-29-31(28-36-35-16-4-12-24-47(35)56-50(37)48(36)46)52-43-22-10-11-23-44(43)54-42-21-9-5-17-38(42)51-49(52)54/h1-29H/i1D,2D,3D,4D,5D,6D,7D,8D,9D,10D,11D,12D,13D,14D,15D,16D,17D,18D,19D,20D,21D,22D,23D,24D,25D,26D,27D,28D,29D. The minimum atomic E-state index is -1.55. The highest BCUT2D eigenvalue weighted by Gasteiger charge is 2.39. The number of rotatable bonds is 3. The number of fused-ring (bicyclic) bond motifs is 12. The number of hydrogen-bond donors (Lipinski definition) is 0. The Morgan fingerprint density at radius 1 is 0.536 bits per heavy atom. The van der Waals surface area contributed by atoms with E-state index in [-0.39, 0.29) is 21.4 Å². The number of ether oxygens (including phenoxy) is 1. The molecule has 0 spiro atoms. The average molecular weight is 762 g/mol. The van der Waals surface area contributed by atoms with Gasteiger partial charge in [-0.2, -0.15) is 11.6 Å². The molecule has 0 aliphatic carbocycles. The van der Waals surface area contributed by atoms with Gasteiger partial charge in [-0.3, -0.25) is 8.97 Å². The van der Waals surface area contributed by atoms with Crippen LogP contribution in [0.25, 0.3) is 83.3 Å². The molecule has 0 saturated heterocycles. The first-order valence-corrected chi connectivity index (χ1v) is 17.5. The number of aromatic nitrogens is 4. The van der Waals surface area contributed by atoms with Crippen LogP contribution in [0.3, 0.4) is 0 Å². The molecule has 8 aromatic carbocycles. The van der Waals surface area contributed by atoms with Crippen molar-refractivity contribution >= 4 is 78.2 Å². The molecule has 0 radical (unpaired) electrons. The number of nitrogens with zero attached hydrogens (tertiary/aromatic N) is 4. The number of imidazole rings is 2. The predicted molar refractivity (Wildman–Crippen MR) is 232 cm³/mol. The molecule has 56 heavy (non-hydrogen) atoms. The van der Waals surface area contributed by atoms with Crippen LogP contribution < -0.4 is 15.7 Å². The molecule has 2 aliphatic heterocycles. The van der Waals surface area contributed by atoms with Crippen molar-refractivity contribution in [3.63, 3.8) is 0 Å². The second-order valence-corrected chi connectivity index (χ2v) is 13.6.